The molecule has 0 aliphatic carbocycles. The minimum atomic E-state index is -0.528. The second kappa shape index (κ2) is 6.37. The van der Waals surface area contributed by atoms with Crippen LogP contribution < -0.4 is 10.1 Å². The zero-order valence-electron chi connectivity index (χ0n) is 11.9. The van der Waals surface area contributed by atoms with E-state index in [-0.39, 0.29) is 0 Å². The van der Waals surface area contributed by atoms with Crippen LogP contribution in [-0.4, -0.2) is 49.4 Å². The largest absolute Gasteiger partial charge is 0.497 e. The van der Waals surface area contributed by atoms with Crippen molar-refractivity contribution in [1.82, 2.24) is 10.2 Å². The topological polar surface area (TPSA) is 44.7 Å². The third-order valence-corrected chi connectivity index (χ3v) is 3.83. The smallest absolute Gasteiger partial charge is 0.119 e. The van der Waals surface area contributed by atoms with Gasteiger partial charge in [-0.2, -0.15) is 0 Å². The summed E-state index contributed by atoms with van der Waals surface area (Å²) in [6.07, 6.45) is 1.66. The molecule has 2 N–H and O–H groups in total. The molecular formula is C15H24N2O2. The Balaban J connectivity index is 1.88. The molecule has 106 valence electrons. The van der Waals surface area contributed by atoms with E-state index in [1.807, 2.05) is 19.2 Å². The molecule has 1 fully saturated rings. The van der Waals surface area contributed by atoms with Gasteiger partial charge >= 0.3 is 0 Å². The van der Waals surface area contributed by atoms with E-state index in [0.29, 0.717) is 6.54 Å². The highest BCUT2D eigenvalue weighted by atomic mass is 16.5. The van der Waals surface area contributed by atoms with Crippen molar-refractivity contribution in [2.75, 3.05) is 33.8 Å². The Morgan fingerprint density at radius 2 is 2.11 bits per heavy atom. The number of likely N-dealkylation sites (tertiary alicyclic amines) is 1. The van der Waals surface area contributed by atoms with Gasteiger partial charge in [-0.3, -0.25) is 4.90 Å². The van der Waals surface area contributed by atoms with E-state index in [4.69, 9.17) is 4.74 Å². The predicted molar refractivity (Wildman–Crippen MR) is 76.4 cm³/mol. The van der Waals surface area contributed by atoms with Crippen molar-refractivity contribution in [3.8, 4) is 5.75 Å². The maximum Gasteiger partial charge on any atom is 0.119 e. The second-order valence-electron chi connectivity index (χ2n) is 5.38. The summed E-state index contributed by atoms with van der Waals surface area (Å²) in [6, 6.07) is 8.19. The van der Waals surface area contributed by atoms with Crippen molar-refractivity contribution >= 4 is 0 Å². The molecule has 19 heavy (non-hydrogen) atoms. The number of hydrogen-bond acceptors (Lipinski definition) is 4. The van der Waals surface area contributed by atoms with Gasteiger partial charge in [0, 0.05) is 26.2 Å². The molecule has 1 aliphatic heterocycles. The third kappa shape index (κ3) is 3.93. The zero-order chi connectivity index (χ0) is 13.7. The lowest BCUT2D eigenvalue weighted by molar-refractivity contribution is -0.0203. The first kappa shape index (κ1) is 14.3. The number of aliphatic hydroxyl groups is 1. The van der Waals surface area contributed by atoms with Crippen molar-refractivity contribution in [1.29, 1.82) is 0 Å². The highest BCUT2D eigenvalue weighted by Gasteiger charge is 2.31. The third-order valence-electron chi connectivity index (χ3n) is 3.83. The summed E-state index contributed by atoms with van der Waals surface area (Å²) < 4.78 is 5.24. The minimum absolute atomic E-state index is 0.528. The normalized spacial score (nSPS) is 19.3. The van der Waals surface area contributed by atoms with Crippen LogP contribution in [0.5, 0.6) is 5.75 Å². The van der Waals surface area contributed by atoms with E-state index >= 15 is 0 Å². The highest BCUT2D eigenvalue weighted by molar-refractivity contribution is 5.28. The molecule has 0 saturated carbocycles. The van der Waals surface area contributed by atoms with E-state index in [1.54, 1.807) is 7.11 Å². The van der Waals surface area contributed by atoms with E-state index < -0.39 is 5.60 Å². The lowest BCUT2D eigenvalue weighted by Crippen LogP contribution is -2.49. The molecule has 1 aliphatic rings. The fourth-order valence-electron chi connectivity index (χ4n) is 2.66. The first-order valence-electron chi connectivity index (χ1n) is 6.87. The number of rotatable bonds is 5. The standard InChI is InChI=1S/C15H24N2O2/c1-16-12-15(18)6-8-17(9-7-15)11-13-4-3-5-14(10-13)19-2/h3-5,10,16,18H,6-9,11-12H2,1-2H3. The Kier molecular flexibility index (Phi) is 4.80. The van der Waals surface area contributed by atoms with Gasteiger partial charge in [0.2, 0.25) is 0 Å². The summed E-state index contributed by atoms with van der Waals surface area (Å²) >= 11 is 0. The van der Waals surface area contributed by atoms with Crippen LogP contribution in [0.2, 0.25) is 0 Å². The molecule has 4 nitrogen and oxygen atoms in total. The molecule has 1 heterocycles. The number of methoxy groups -OCH3 is 1. The predicted octanol–water partition coefficient (Wildman–Crippen LogP) is 1.24. The average molecular weight is 264 g/mol. The number of nitrogens with zero attached hydrogens (tertiary/aromatic N) is 1. The Bertz CT molecular complexity index is 401. The Labute approximate surface area is 115 Å². The SMILES string of the molecule is CNCC1(O)CCN(Cc2cccc(OC)c2)CC1. The number of ether oxygens (including phenoxy) is 1. The molecular weight excluding hydrogens is 240 g/mol. The first-order valence-corrected chi connectivity index (χ1v) is 6.87. The van der Waals surface area contributed by atoms with E-state index in [0.717, 1.165) is 38.2 Å². The van der Waals surface area contributed by atoms with Gasteiger partial charge in [0.05, 0.1) is 12.7 Å². The zero-order valence-corrected chi connectivity index (χ0v) is 11.9. The summed E-state index contributed by atoms with van der Waals surface area (Å²) in [5.74, 6) is 0.904. The molecule has 0 amide bonds. The summed E-state index contributed by atoms with van der Waals surface area (Å²) in [6.45, 7) is 3.48. The number of hydrogen-bond donors (Lipinski definition) is 2. The van der Waals surface area contributed by atoms with E-state index in [2.05, 4.69) is 22.3 Å². The number of benzene rings is 1. The molecule has 4 heteroatoms. The molecule has 2 rings (SSSR count). The molecule has 0 radical (unpaired) electrons. The van der Waals surface area contributed by atoms with Crippen molar-refractivity contribution < 1.29 is 9.84 Å². The van der Waals surface area contributed by atoms with Crippen LogP contribution >= 0.6 is 0 Å². The van der Waals surface area contributed by atoms with Crippen molar-refractivity contribution in [3.63, 3.8) is 0 Å². The molecule has 1 aromatic rings. The molecule has 0 unspecified atom stereocenters. The van der Waals surface area contributed by atoms with Crippen molar-refractivity contribution in [2.45, 2.75) is 25.0 Å². The van der Waals surface area contributed by atoms with Crippen LogP contribution in [0.4, 0.5) is 0 Å². The second-order valence-corrected chi connectivity index (χ2v) is 5.38. The van der Waals surface area contributed by atoms with Crippen LogP contribution in [0.25, 0.3) is 0 Å². The fraction of sp³-hybridized carbons (Fsp3) is 0.600. The quantitative estimate of drug-likeness (QED) is 0.840. The van der Waals surface area contributed by atoms with Crippen LogP contribution in [0.15, 0.2) is 24.3 Å². The molecule has 1 saturated heterocycles. The van der Waals surface area contributed by atoms with Gasteiger partial charge < -0.3 is 15.2 Å². The fourth-order valence-corrected chi connectivity index (χ4v) is 2.66. The van der Waals surface area contributed by atoms with Gasteiger partial charge in [-0.05, 0) is 37.6 Å². The summed E-state index contributed by atoms with van der Waals surface area (Å²) in [4.78, 5) is 2.39. The Hall–Kier alpha value is -1.10. The first-order chi connectivity index (χ1) is 9.15. The van der Waals surface area contributed by atoms with Gasteiger partial charge in [-0.1, -0.05) is 12.1 Å². The lowest BCUT2D eigenvalue weighted by Gasteiger charge is -2.38. The number of nitrogens with one attached hydrogen (secondary N) is 1. The van der Waals surface area contributed by atoms with Gasteiger partial charge in [-0.15, -0.1) is 0 Å². The van der Waals surface area contributed by atoms with Crippen LogP contribution in [0.1, 0.15) is 18.4 Å². The van der Waals surface area contributed by atoms with Gasteiger partial charge in [0.15, 0.2) is 0 Å². The molecule has 0 spiro atoms. The maximum absolute atomic E-state index is 10.3. The van der Waals surface area contributed by atoms with Gasteiger partial charge in [-0.25, -0.2) is 0 Å². The average Bonchev–Trinajstić information content (AvgIpc) is 2.42. The lowest BCUT2D eigenvalue weighted by atomic mass is 9.91. The van der Waals surface area contributed by atoms with Crippen molar-refractivity contribution in [2.24, 2.45) is 0 Å². The minimum Gasteiger partial charge on any atom is -0.497 e. The van der Waals surface area contributed by atoms with Gasteiger partial charge in [0.1, 0.15) is 5.75 Å². The molecule has 0 aromatic heterocycles. The molecule has 0 bridgehead atoms. The monoisotopic (exact) mass is 264 g/mol. The number of piperidine rings is 1. The molecule has 0 atom stereocenters. The van der Waals surface area contributed by atoms with Crippen molar-refractivity contribution in [3.05, 3.63) is 29.8 Å². The van der Waals surface area contributed by atoms with E-state index in [9.17, 15) is 5.11 Å². The Morgan fingerprint density at radius 3 is 2.74 bits per heavy atom. The Morgan fingerprint density at radius 1 is 1.37 bits per heavy atom. The van der Waals surface area contributed by atoms with E-state index in [1.165, 1.54) is 5.56 Å². The van der Waals surface area contributed by atoms with Gasteiger partial charge in [0.25, 0.3) is 0 Å². The summed E-state index contributed by atoms with van der Waals surface area (Å²) in [5.41, 5.74) is 0.734. The van der Waals surface area contributed by atoms with Crippen LogP contribution in [0.3, 0.4) is 0 Å². The van der Waals surface area contributed by atoms with Crippen LogP contribution in [-0.2, 0) is 6.54 Å². The number of likely N-dealkylation sites (N-methyl/N-ethyl adjacent to an activating group) is 1. The highest BCUT2D eigenvalue weighted by Crippen LogP contribution is 2.23. The molecule has 1 aromatic carbocycles. The summed E-state index contributed by atoms with van der Waals surface area (Å²) in [7, 11) is 3.58. The van der Waals surface area contributed by atoms with Crippen LogP contribution in [0, 0.1) is 0 Å². The summed E-state index contributed by atoms with van der Waals surface area (Å²) in [5, 5.41) is 13.4. The maximum atomic E-state index is 10.3.